The lowest BCUT2D eigenvalue weighted by atomic mass is 9.89. The van der Waals surface area contributed by atoms with Gasteiger partial charge < -0.3 is 23.7 Å². The summed E-state index contributed by atoms with van der Waals surface area (Å²) < 4.78 is 41.8. The van der Waals surface area contributed by atoms with Gasteiger partial charge in [0.05, 0.1) is 27.9 Å². The molecule has 0 radical (unpaired) electrons. The van der Waals surface area contributed by atoms with E-state index in [0.717, 1.165) is 12.8 Å². The van der Waals surface area contributed by atoms with Crippen LogP contribution >= 0.6 is 0 Å². The fraction of sp³-hybridized carbons (Fsp3) is 0.455. The third kappa shape index (κ3) is 5.44. The molecule has 0 aliphatic carbocycles. The van der Waals surface area contributed by atoms with Crippen molar-refractivity contribution < 1.29 is 28.1 Å². The Kier molecular flexibility index (Phi) is 7.38. The molecule has 2 aromatic rings. The Morgan fingerprint density at radius 2 is 1.50 bits per heavy atom. The van der Waals surface area contributed by atoms with Gasteiger partial charge in [-0.25, -0.2) is 4.39 Å². The van der Waals surface area contributed by atoms with Gasteiger partial charge in [-0.15, -0.1) is 0 Å². The topological polar surface area (TPSA) is 46.2 Å². The van der Waals surface area contributed by atoms with Crippen LogP contribution in [-0.2, 0) is 0 Å². The van der Waals surface area contributed by atoms with Crippen LogP contribution < -0.4 is 23.7 Å². The van der Waals surface area contributed by atoms with Gasteiger partial charge in [-0.3, -0.25) is 0 Å². The van der Waals surface area contributed by atoms with E-state index in [1.54, 1.807) is 24.3 Å². The number of halogens is 1. The molecule has 0 aliphatic rings. The minimum atomic E-state index is -0.514. The van der Waals surface area contributed by atoms with E-state index < -0.39 is 5.82 Å². The predicted molar refractivity (Wildman–Crippen MR) is 107 cm³/mol. The van der Waals surface area contributed by atoms with Gasteiger partial charge in [0.1, 0.15) is 11.5 Å². The van der Waals surface area contributed by atoms with Crippen LogP contribution in [-0.4, -0.2) is 27.9 Å². The van der Waals surface area contributed by atoms with E-state index >= 15 is 0 Å². The van der Waals surface area contributed by atoms with Gasteiger partial charge in [0.15, 0.2) is 23.1 Å². The highest BCUT2D eigenvalue weighted by molar-refractivity contribution is 5.56. The maximum absolute atomic E-state index is 14.5. The lowest BCUT2D eigenvalue weighted by Gasteiger charge is -2.24. The maximum Gasteiger partial charge on any atom is 0.203 e. The van der Waals surface area contributed by atoms with E-state index in [4.69, 9.17) is 23.7 Å². The number of benzene rings is 2. The van der Waals surface area contributed by atoms with E-state index in [2.05, 4.69) is 20.8 Å². The highest BCUT2D eigenvalue weighted by atomic mass is 19.1. The van der Waals surface area contributed by atoms with Crippen LogP contribution in [0.4, 0.5) is 4.39 Å². The van der Waals surface area contributed by atoms with Crippen LogP contribution in [0, 0.1) is 11.2 Å². The first-order valence-corrected chi connectivity index (χ1v) is 9.23. The Labute approximate surface area is 166 Å². The summed E-state index contributed by atoms with van der Waals surface area (Å²) in [6.45, 7) is 6.92. The quantitative estimate of drug-likeness (QED) is 0.508. The highest BCUT2D eigenvalue weighted by Crippen LogP contribution is 2.42. The van der Waals surface area contributed by atoms with Crippen molar-refractivity contribution in [1.29, 1.82) is 0 Å². The van der Waals surface area contributed by atoms with E-state index in [1.165, 1.54) is 27.4 Å². The summed E-state index contributed by atoms with van der Waals surface area (Å²) >= 11 is 0. The monoisotopic (exact) mass is 392 g/mol. The van der Waals surface area contributed by atoms with Gasteiger partial charge >= 0.3 is 0 Å². The first-order valence-electron chi connectivity index (χ1n) is 9.23. The SMILES string of the molecule is CCCC(C)(C)COc1ccc(Oc2cc(OC)c(OC)c(OC)c2)c(F)c1. The number of hydrogen-bond acceptors (Lipinski definition) is 5. The van der Waals surface area contributed by atoms with Crippen molar-refractivity contribution in [3.8, 4) is 34.5 Å². The van der Waals surface area contributed by atoms with Gasteiger partial charge in [-0.1, -0.05) is 27.2 Å². The molecule has 0 aromatic heterocycles. The van der Waals surface area contributed by atoms with Crippen molar-refractivity contribution in [2.45, 2.75) is 33.6 Å². The summed E-state index contributed by atoms with van der Waals surface area (Å²) in [5, 5.41) is 0. The fourth-order valence-electron chi connectivity index (χ4n) is 2.92. The van der Waals surface area contributed by atoms with Crippen LogP contribution in [0.25, 0.3) is 0 Å². The second-order valence-corrected chi connectivity index (χ2v) is 7.26. The van der Waals surface area contributed by atoms with E-state index in [0.29, 0.717) is 35.4 Å². The Balaban J connectivity index is 2.17. The van der Waals surface area contributed by atoms with Crippen LogP contribution in [0.3, 0.4) is 0 Å². The van der Waals surface area contributed by atoms with Crippen molar-refractivity contribution in [3.05, 3.63) is 36.1 Å². The van der Waals surface area contributed by atoms with Crippen molar-refractivity contribution in [1.82, 2.24) is 0 Å². The molecule has 0 aliphatic heterocycles. The number of hydrogen-bond donors (Lipinski definition) is 0. The van der Waals surface area contributed by atoms with Gasteiger partial charge in [0, 0.05) is 18.2 Å². The van der Waals surface area contributed by atoms with Crippen molar-refractivity contribution >= 4 is 0 Å². The molecule has 154 valence electrons. The first-order chi connectivity index (χ1) is 13.3. The number of rotatable bonds is 10. The molecule has 2 rings (SSSR count). The fourth-order valence-corrected chi connectivity index (χ4v) is 2.92. The van der Waals surface area contributed by atoms with Crippen molar-refractivity contribution in [3.63, 3.8) is 0 Å². The molecule has 0 saturated carbocycles. The summed E-state index contributed by atoms with van der Waals surface area (Å²) in [6, 6.07) is 7.78. The second-order valence-electron chi connectivity index (χ2n) is 7.26. The lowest BCUT2D eigenvalue weighted by Crippen LogP contribution is -2.21. The molecule has 0 amide bonds. The molecule has 0 heterocycles. The minimum absolute atomic E-state index is 0.0383. The van der Waals surface area contributed by atoms with E-state index in [-0.39, 0.29) is 11.2 Å². The second kappa shape index (κ2) is 9.53. The zero-order valence-electron chi connectivity index (χ0n) is 17.4. The average molecular weight is 392 g/mol. The maximum atomic E-state index is 14.5. The average Bonchev–Trinajstić information content (AvgIpc) is 2.67. The van der Waals surface area contributed by atoms with Crippen LogP contribution in [0.2, 0.25) is 0 Å². The van der Waals surface area contributed by atoms with Crippen LogP contribution in [0.5, 0.6) is 34.5 Å². The predicted octanol–water partition coefficient (Wildman–Crippen LogP) is 5.85. The van der Waals surface area contributed by atoms with Gasteiger partial charge in [0.25, 0.3) is 0 Å². The summed E-state index contributed by atoms with van der Waals surface area (Å²) in [6.07, 6.45) is 2.12. The standard InChI is InChI=1S/C22H29FO5/c1-7-10-22(2,3)14-27-15-8-9-18(17(23)11-15)28-16-12-19(24-4)21(26-6)20(13-16)25-5/h8-9,11-13H,7,10,14H2,1-6H3. The Bertz CT molecular complexity index is 763. The normalized spacial score (nSPS) is 11.1. The molecule has 0 N–H and O–H groups in total. The molecule has 0 bridgehead atoms. The Hall–Kier alpha value is -2.63. The van der Waals surface area contributed by atoms with Crippen LogP contribution in [0.15, 0.2) is 30.3 Å². The molecule has 5 nitrogen and oxygen atoms in total. The summed E-state index contributed by atoms with van der Waals surface area (Å²) in [7, 11) is 4.53. The zero-order valence-corrected chi connectivity index (χ0v) is 17.4. The smallest absolute Gasteiger partial charge is 0.203 e. The molecule has 0 unspecified atom stereocenters. The first kappa shape index (κ1) is 21.7. The molecule has 28 heavy (non-hydrogen) atoms. The summed E-state index contributed by atoms with van der Waals surface area (Å²) in [5.74, 6) is 1.70. The van der Waals surface area contributed by atoms with Gasteiger partial charge in [0.2, 0.25) is 5.75 Å². The number of ether oxygens (including phenoxy) is 5. The summed E-state index contributed by atoms with van der Waals surface area (Å²) in [5.41, 5.74) is 0.0383. The van der Waals surface area contributed by atoms with Crippen molar-refractivity contribution in [2.75, 3.05) is 27.9 Å². The van der Waals surface area contributed by atoms with Crippen molar-refractivity contribution in [2.24, 2.45) is 5.41 Å². The molecule has 0 fully saturated rings. The molecular formula is C22H29FO5. The van der Waals surface area contributed by atoms with Gasteiger partial charge in [-0.2, -0.15) is 0 Å². The van der Waals surface area contributed by atoms with E-state index in [9.17, 15) is 4.39 Å². The lowest BCUT2D eigenvalue weighted by molar-refractivity contribution is 0.168. The molecule has 0 atom stereocenters. The molecule has 0 spiro atoms. The van der Waals surface area contributed by atoms with Gasteiger partial charge in [-0.05, 0) is 24.0 Å². The zero-order chi connectivity index (χ0) is 20.7. The molecular weight excluding hydrogens is 363 g/mol. The molecule has 0 saturated heterocycles. The third-order valence-corrected chi connectivity index (χ3v) is 4.33. The minimum Gasteiger partial charge on any atom is -0.493 e. The molecule has 6 heteroatoms. The van der Waals surface area contributed by atoms with E-state index in [1.807, 2.05) is 0 Å². The Morgan fingerprint density at radius 1 is 0.857 bits per heavy atom. The Morgan fingerprint density at radius 3 is 2.00 bits per heavy atom. The molecule has 2 aromatic carbocycles. The number of methoxy groups -OCH3 is 3. The summed E-state index contributed by atoms with van der Waals surface area (Å²) in [4.78, 5) is 0. The third-order valence-electron chi connectivity index (χ3n) is 4.33. The highest BCUT2D eigenvalue weighted by Gasteiger charge is 2.19. The largest absolute Gasteiger partial charge is 0.493 e. The van der Waals surface area contributed by atoms with Crippen LogP contribution in [0.1, 0.15) is 33.6 Å².